The Morgan fingerprint density at radius 3 is 1.79 bits per heavy atom. The lowest BCUT2D eigenvalue weighted by Crippen LogP contribution is -2.25. The second-order valence-electron chi connectivity index (χ2n) is 7.42. The van der Waals surface area contributed by atoms with E-state index in [4.69, 9.17) is 28.3 Å². The molecule has 1 aromatic rings. The molecule has 0 aliphatic heterocycles. The molecule has 0 saturated carbocycles. The lowest BCUT2D eigenvalue weighted by Gasteiger charge is -2.13. The van der Waals surface area contributed by atoms with Crippen molar-refractivity contribution < 1.29 is 14.7 Å². The Morgan fingerprint density at radius 2 is 1.32 bits per heavy atom. The number of aliphatic carboxylic acids is 1. The average molecular weight is 430 g/mol. The maximum Gasteiger partial charge on any atom is 0.340 e. The summed E-state index contributed by atoms with van der Waals surface area (Å²) in [5.74, 6) is -1.20. The van der Waals surface area contributed by atoms with Crippen LogP contribution in [-0.2, 0) is 16.0 Å². The van der Waals surface area contributed by atoms with Gasteiger partial charge in [0.2, 0.25) is 10.2 Å². The van der Waals surface area contributed by atoms with Crippen LogP contribution in [0.25, 0.3) is 0 Å². The maximum atomic E-state index is 11.0. The largest absolute Gasteiger partial charge is 0.479 e. The average Bonchev–Trinajstić information content (AvgIpc) is 2.63. The summed E-state index contributed by atoms with van der Waals surface area (Å²) in [5, 5.41) is 11.6. The van der Waals surface area contributed by atoms with Gasteiger partial charge in [0.15, 0.2) is 0 Å². The number of unbranched alkanes of at least 4 members (excludes halogenated alkanes) is 9. The fourth-order valence-electron chi connectivity index (χ4n) is 3.16. The van der Waals surface area contributed by atoms with Gasteiger partial charge in [-0.15, -0.1) is 0 Å². The number of rotatable bonds is 15. The van der Waals surface area contributed by atoms with Gasteiger partial charge in [0.05, 0.1) is 0 Å². The number of halogens is 2. The van der Waals surface area contributed by atoms with Gasteiger partial charge in [-0.2, -0.15) is 0 Å². The van der Waals surface area contributed by atoms with Crippen LogP contribution in [0.15, 0.2) is 24.3 Å². The number of benzene rings is 1. The Morgan fingerprint density at radius 1 is 0.857 bits per heavy atom. The first-order chi connectivity index (χ1) is 13.3. The third kappa shape index (κ3) is 11.6. The second kappa shape index (κ2) is 13.8. The smallest absolute Gasteiger partial charge is 0.340 e. The van der Waals surface area contributed by atoms with Gasteiger partial charge in [-0.05, 0) is 43.4 Å². The number of nitrogens with one attached hydrogen (secondary N) is 1. The normalized spacial score (nSPS) is 11.4. The topological polar surface area (TPSA) is 66.4 Å². The lowest BCUT2D eigenvalue weighted by atomic mass is 10.0. The van der Waals surface area contributed by atoms with Crippen LogP contribution in [0.5, 0.6) is 0 Å². The Kier molecular flexibility index (Phi) is 12.2. The zero-order chi connectivity index (χ0) is 20.8. The van der Waals surface area contributed by atoms with Crippen molar-refractivity contribution in [2.75, 3.05) is 5.32 Å². The SMILES string of the molecule is CC(=O)Nc1ccc(CCCCCCCCCCCCC(Cl)(Cl)C(=O)O)cc1. The molecular weight excluding hydrogens is 397 g/mol. The summed E-state index contributed by atoms with van der Waals surface area (Å²) < 4.78 is -1.63. The maximum absolute atomic E-state index is 11.0. The third-order valence-corrected chi connectivity index (χ3v) is 5.49. The van der Waals surface area contributed by atoms with Crippen molar-refractivity contribution in [2.45, 2.75) is 88.3 Å². The molecular formula is C22H33Cl2NO3. The van der Waals surface area contributed by atoms with Gasteiger partial charge in [0, 0.05) is 12.6 Å². The number of carboxylic acids is 1. The molecule has 0 heterocycles. The van der Waals surface area contributed by atoms with E-state index in [1.807, 2.05) is 12.1 Å². The van der Waals surface area contributed by atoms with Crippen LogP contribution in [0, 0.1) is 0 Å². The van der Waals surface area contributed by atoms with Crippen LogP contribution in [0.1, 0.15) is 83.1 Å². The van der Waals surface area contributed by atoms with Crippen LogP contribution < -0.4 is 5.32 Å². The van der Waals surface area contributed by atoms with Gasteiger partial charge in [0.1, 0.15) is 0 Å². The van der Waals surface area contributed by atoms with Crippen molar-refractivity contribution >= 4 is 40.8 Å². The van der Waals surface area contributed by atoms with Gasteiger partial charge in [-0.1, -0.05) is 86.7 Å². The number of hydrogen-bond donors (Lipinski definition) is 2. The lowest BCUT2D eigenvalue weighted by molar-refractivity contribution is -0.138. The first kappa shape index (κ1) is 24.8. The Labute approximate surface area is 179 Å². The quantitative estimate of drug-likeness (QED) is 0.239. The number of carbonyl (C=O) groups is 2. The molecule has 0 radical (unpaired) electrons. The summed E-state index contributed by atoms with van der Waals surface area (Å²) in [4.78, 5) is 21.8. The van der Waals surface area contributed by atoms with Crippen LogP contribution in [0.4, 0.5) is 5.69 Å². The van der Waals surface area contributed by atoms with E-state index >= 15 is 0 Å². The Hall–Kier alpha value is -1.26. The van der Waals surface area contributed by atoms with Crippen molar-refractivity contribution in [1.82, 2.24) is 0 Å². The fraction of sp³-hybridized carbons (Fsp3) is 0.636. The van der Waals surface area contributed by atoms with E-state index in [0.717, 1.165) is 31.4 Å². The molecule has 0 atom stereocenters. The molecule has 0 fully saturated rings. The number of alkyl halides is 2. The zero-order valence-corrected chi connectivity index (χ0v) is 18.3. The van der Waals surface area contributed by atoms with Gasteiger partial charge >= 0.3 is 5.97 Å². The molecule has 1 amide bonds. The predicted molar refractivity (Wildman–Crippen MR) is 117 cm³/mol. The molecule has 1 rings (SSSR count). The van der Waals surface area contributed by atoms with E-state index < -0.39 is 10.3 Å². The monoisotopic (exact) mass is 429 g/mol. The molecule has 2 N–H and O–H groups in total. The number of aryl methyl sites for hydroxylation is 1. The Bertz CT molecular complexity index is 588. The molecule has 158 valence electrons. The van der Waals surface area contributed by atoms with Crippen molar-refractivity contribution in [3.8, 4) is 0 Å². The molecule has 0 aliphatic rings. The van der Waals surface area contributed by atoms with Crippen molar-refractivity contribution in [1.29, 1.82) is 0 Å². The third-order valence-electron chi connectivity index (χ3n) is 4.79. The van der Waals surface area contributed by atoms with Crippen LogP contribution >= 0.6 is 23.2 Å². The summed E-state index contributed by atoms with van der Waals surface area (Å²) in [5.41, 5.74) is 2.16. The minimum absolute atomic E-state index is 0.0431. The standard InChI is InChI=1S/C22H33Cl2NO3/c1-18(26)25-20-15-13-19(14-16-20)12-10-8-6-4-2-3-5-7-9-11-17-22(23,24)21(27)28/h13-16H,2-12,17H2,1H3,(H,25,26)(H,27,28). The van der Waals surface area contributed by atoms with E-state index in [-0.39, 0.29) is 5.91 Å². The number of hydrogen-bond acceptors (Lipinski definition) is 2. The molecule has 0 saturated heterocycles. The molecule has 0 aliphatic carbocycles. The molecule has 4 nitrogen and oxygen atoms in total. The van der Waals surface area contributed by atoms with Gasteiger partial charge < -0.3 is 10.4 Å². The van der Waals surface area contributed by atoms with Crippen molar-refractivity contribution in [3.63, 3.8) is 0 Å². The van der Waals surface area contributed by atoms with E-state index in [2.05, 4.69) is 17.4 Å². The number of carboxylic acid groups (broad SMARTS) is 1. The molecule has 0 spiro atoms. The van der Waals surface area contributed by atoms with Crippen LogP contribution in [0.2, 0.25) is 0 Å². The summed E-state index contributed by atoms with van der Waals surface area (Å²) in [7, 11) is 0. The van der Waals surface area contributed by atoms with Gasteiger partial charge in [-0.3, -0.25) is 4.79 Å². The number of carbonyl (C=O) groups excluding carboxylic acids is 1. The van der Waals surface area contributed by atoms with Crippen LogP contribution in [0.3, 0.4) is 0 Å². The molecule has 28 heavy (non-hydrogen) atoms. The fourth-order valence-corrected chi connectivity index (χ4v) is 3.42. The molecule has 1 aromatic carbocycles. The zero-order valence-electron chi connectivity index (χ0n) is 16.8. The van der Waals surface area contributed by atoms with Gasteiger partial charge in [0.25, 0.3) is 0 Å². The predicted octanol–water partition coefficient (Wildman–Crippen LogP) is 6.74. The summed E-state index contributed by atoms with van der Waals surface area (Å²) in [6.07, 6.45) is 12.9. The molecule has 0 bridgehead atoms. The highest BCUT2D eigenvalue weighted by Gasteiger charge is 2.32. The Balaban J connectivity index is 1.93. The number of amides is 1. The van der Waals surface area contributed by atoms with E-state index in [9.17, 15) is 9.59 Å². The molecule has 6 heteroatoms. The summed E-state index contributed by atoms with van der Waals surface area (Å²) >= 11 is 11.4. The summed E-state index contributed by atoms with van der Waals surface area (Å²) in [6.45, 7) is 1.52. The highest BCUT2D eigenvalue weighted by atomic mass is 35.5. The minimum atomic E-state index is -1.63. The highest BCUT2D eigenvalue weighted by Crippen LogP contribution is 2.28. The first-order valence-corrected chi connectivity index (χ1v) is 11.0. The van der Waals surface area contributed by atoms with Crippen molar-refractivity contribution in [3.05, 3.63) is 29.8 Å². The van der Waals surface area contributed by atoms with Crippen LogP contribution in [-0.4, -0.2) is 21.3 Å². The first-order valence-electron chi connectivity index (χ1n) is 10.3. The molecule has 0 unspecified atom stereocenters. The van der Waals surface area contributed by atoms with E-state index in [0.29, 0.717) is 6.42 Å². The number of anilines is 1. The second-order valence-corrected chi connectivity index (χ2v) is 8.91. The van der Waals surface area contributed by atoms with Gasteiger partial charge in [-0.25, -0.2) is 4.79 Å². The van der Waals surface area contributed by atoms with Crippen molar-refractivity contribution in [2.24, 2.45) is 0 Å². The molecule has 0 aromatic heterocycles. The highest BCUT2D eigenvalue weighted by molar-refractivity contribution is 6.57. The summed E-state index contributed by atoms with van der Waals surface area (Å²) in [6, 6.07) is 8.08. The minimum Gasteiger partial charge on any atom is -0.479 e. The van der Waals surface area contributed by atoms with E-state index in [1.54, 1.807) is 0 Å². The van der Waals surface area contributed by atoms with E-state index in [1.165, 1.54) is 57.4 Å².